The van der Waals surface area contributed by atoms with E-state index in [-0.39, 0.29) is 5.91 Å². The maximum atomic E-state index is 11.3. The molecule has 2 nitrogen and oxygen atoms in total. The predicted octanol–water partition coefficient (Wildman–Crippen LogP) is 1.71. The van der Waals surface area contributed by atoms with E-state index in [9.17, 15) is 4.79 Å². The van der Waals surface area contributed by atoms with E-state index >= 15 is 0 Å². The third-order valence-electron chi connectivity index (χ3n) is 1.90. The summed E-state index contributed by atoms with van der Waals surface area (Å²) in [7, 11) is 1.81. The Kier molecular flexibility index (Phi) is 1.81. The minimum atomic E-state index is 0.179. The lowest BCUT2D eigenvalue weighted by molar-refractivity contribution is -0.124. The summed E-state index contributed by atoms with van der Waals surface area (Å²) in [5.74, 6) is 0.179. The Morgan fingerprint density at radius 2 is 2.17 bits per heavy atom. The van der Waals surface area contributed by atoms with E-state index in [4.69, 9.17) is 0 Å². The topological polar surface area (TPSA) is 20.3 Å². The lowest BCUT2D eigenvalue weighted by Crippen LogP contribution is -2.25. The molecule has 0 aliphatic carbocycles. The highest BCUT2D eigenvalue weighted by Crippen LogP contribution is 2.30. The van der Waals surface area contributed by atoms with Gasteiger partial charge in [0.2, 0.25) is 5.91 Å². The summed E-state index contributed by atoms with van der Waals surface area (Å²) in [5.41, 5.74) is 1.14. The number of amides is 1. The molecule has 0 atom stereocenters. The molecular formula is C9H9NOS. The standard InChI is InChI=1S/C9H9NOS/c1-10-9(11)6-7-4-2-3-5-8(7)12-10/h2-5H,6H2,1H3. The van der Waals surface area contributed by atoms with Crippen molar-refractivity contribution in [1.29, 1.82) is 0 Å². The molecule has 1 aromatic rings. The summed E-state index contributed by atoms with van der Waals surface area (Å²) in [6, 6.07) is 8.02. The molecule has 1 aliphatic heterocycles. The zero-order valence-corrected chi connectivity index (χ0v) is 7.60. The van der Waals surface area contributed by atoms with Gasteiger partial charge in [0.05, 0.1) is 6.42 Å². The highest BCUT2D eigenvalue weighted by molar-refractivity contribution is 7.97. The smallest absolute Gasteiger partial charge is 0.236 e. The summed E-state index contributed by atoms with van der Waals surface area (Å²) in [6.45, 7) is 0. The van der Waals surface area contributed by atoms with Gasteiger partial charge in [0.15, 0.2) is 0 Å². The van der Waals surface area contributed by atoms with E-state index in [1.54, 1.807) is 4.31 Å². The number of likely N-dealkylation sites (N-methyl/N-ethyl adjacent to an activating group) is 1. The van der Waals surface area contributed by atoms with Crippen LogP contribution in [-0.2, 0) is 11.2 Å². The van der Waals surface area contributed by atoms with Gasteiger partial charge in [-0.1, -0.05) is 18.2 Å². The van der Waals surface area contributed by atoms with Gasteiger partial charge in [-0.2, -0.15) is 0 Å². The first-order valence-corrected chi connectivity index (χ1v) is 4.57. The second kappa shape index (κ2) is 2.83. The van der Waals surface area contributed by atoms with Crippen LogP contribution in [0.15, 0.2) is 29.2 Å². The van der Waals surface area contributed by atoms with Crippen molar-refractivity contribution in [3.8, 4) is 0 Å². The molecule has 62 valence electrons. The van der Waals surface area contributed by atoms with Crippen LogP contribution in [0.1, 0.15) is 5.56 Å². The molecule has 1 aliphatic rings. The lowest BCUT2D eigenvalue weighted by Gasteiger charge is -2.22. The Morgan fingerprint density at radius 1 is 1.42 bits per heavy atom. The normalized spacial score (nSPS) is 16.1. The number of carbonyl (C=O) groups excluding carboxylic acids is 1. The van der Waals surface area contributed by atoms with Gasteiger partial charge in [-0.3, -0.25) is 9.10 Å². The number of hydrogen-bond acceptors (Lipinski definition) is 2. The molecule has 0 saturated carbocycles. The Bertz CT molecular complexity index is 324. The van der Waals surface area contributed by atoms with Gasteiger partial charge in [0.1, 0.15) is 0 Å². The molecule has 2 rings (SSSR count). The molecule has 0 fully saturated rings. The fraction of sp³-hybridized carbons (Fsp3) is 0.222. The number of carbonyl (C=O) groups is 1. The number of benzene rings is 1. The van der Waals surface area contributed by atoms with E-state index in [1.165, 1.54) is 16.8 Å². The van der Waals surface area contributed by atoms with Crippen LogP contribution in [0, 0.1) is 0 Å². The summed E-state index contributed by atoms with van der Waals surface area (Å²) in [4.78, 5) is 12.5. The van der Waals surface area contributed by atoms with Crippen molar-refractivity contribution in [2.75, 3.05) is 7.05 Å². The zero-order chi connectivity index (χ0) is 8.55. The highest BCUT2D eigenvalue weighted by atomic mass is 32.2. The van der Waals surface area contributed by atoms with Gasteiger partial charge < -0.3 is 0 Å². The molecule has 0 spiro atoms. The van der Waals surface area contributed by atoms with E-state index in [1.807, 2.05) is 31.3 Å². The Morgan fingerprint density at radius 3 is 3.00 bits per heavy atom. The predicted molar refractivity (Wildman–Crippen MR) is 48.8 cm³/mol. The molecule has 0 unspecified atom stereocenters. The molecule has 0 bridgehead atoms. The third kappa shape index (κ3) is 1.20. The first-order chi connectivity index (χ1) is 5.77. The van der Waals surface area contributed by atoms with Crippen LogP contribution in [-0.4, -0.2) is 17.3 Å². The quantitative estimate of drug-likeness (QED) is 0.565. The van der Waals surface area contributed by atoms with Crippen LogP contribution >= 0.6 is 11.9 Å². The Labute approximate surface area is 75.7 Å². The molecule has 3 heteroatoms. The van der Waals surface area contributed by atoms with Crippen LogP contribution < -0.4 is 0 Å². The minimum Gasteiger partial charge on any atom is -0.285 e. The van der Waals surface area contributed by atoms with Gasteiger partial charge in [0, 0.05) is 11.9 Å². The molecule has 0 aromatic heterocycles. The van der Waals surface area contributed by atoms with Crippen LogP contribution in [0.2, 0.25) is 0 Å². The fourth-order valence-corrected chi connectivity index (χ4v) is 2.07. The lowest BCUT2D eigenvalue weighted by atomic mass is 10.1. The van der Waals surface area contributed by atoms with E-state index in [0.29, 0.717) is 6.42 Å². The molecule has 0 radical (unpaired) electrons. The van der Waals surface area contributed by atoms with Crippen LogP contribution in [0.5, 0.6) is 0 Å². The highest BCUT2D eigenvalue weighted by Gasteiger charge is 2.19. The van der Waals surface area contributed by atoms with Crippen molar-refractivity contribution >= 4 is 17.9 Å². The van der Waals surface area contributed by atoms with Crippen molar-refractivity contribution in [2.45, 2.75) is 11.3 Å². The molecule has 12 heavy (non-hydrogen) atoms. The largest absolute Gasteiger partial charge is 0.285 e. The number of hydrogen-bond donors (Lipinski definition) is 0. The third-order valence-corrected chi connectivity index (χ3v) is 2.97. The van der Waals surface area contributed by atoms with Crippen LogP contribution in [0.4, 0.5) is 0 Å². The second-order valence-electron chi connectivity index (χ2n) is 2.77. The van der Waals surface area contributed by atoms with Gasteiger partial charge >= 0.3 is 0 Å². The van der Waals surface area contributed by atoms with Gasteiger partial charge in [-0.05, 0) is 23.6 Å². The molecule has 0 saturated heterocycles. The van der Waals surface area contributed by atoms with Crippen molar-refractivity contribution in [2.24, 2.45) is 0 Å². The Balaban J connectivity index is 2.40. The van der Waals surface area contributed by atoms with Crippen LogP contribution in [0.3, 0.4) is 0 Å². The number of rotatable bonds is 0. The fourth-order valence-electron chi connectivity index (χ4n) is 1.21. The van der Waals surface area contributed by atoms with Gasteiger partial charge in [-0.15, -0.1) is 0 Å². The number of nitrogens with zero attached hydrogens (tertiary/aromatic N) is 1. The van der Waals surface area contributed by atoms with Crippen molar-refractivity contribution in [1.82, 2.24) is 4.31 Å². The molecular weight excluding hydrogens is 170 g/mol. The summed E-state index contributed by atoms with van der Waals surface area (Å²) in [6.07, 6.45) is 0.541. The van der Waals surface area contributed by atoms with Crippen molar-refractivity contribution in [3.05, 3.63) is 29.8 Å². The summed E-state index contributed by atoms with van der Waals surface area (Å²) >= 11 is 1.50. The van der Waals surface area contributed by atoms with Gasteiger partial charge in [0.25, 0.3) is 0 Å². The number of fused-ring (bicyclic) bond motifs is 1. The van der Waals surface area contributed by atoms with Crippen molar-refractivity contribution in [3.63, 3.8) is 0 Å². The van der Waals surface area contributed by atoms with E-state index in [0.717, 1.165) is 5.56 Å². The van der Waals surface area contributed by atoms with Crippen LogP contribution in [0.25, 0.3) is 0 Å². The van der Waals surface area contributed by atoms with E-state index < -0.39 is 0 Å². The maximum Gasteiger partial charge on any atom is 0.236 e. The SMILES string of the molecule is CN1Sc2ccccc2CC1=O. The average molecular weight is 179 g/mol. The zero-order valence-electron chi connectivity index (χ0n) is 6.78. The monoisotopic (exact) mass is 179 g/mol. The maximum absolute atomic E-state index is 11.3. The molecule has 0 N–H and O–H groups in total. The average Bonchev–Trinajstić information content (AvgIpc) is 2.07. The minimum absolute atomic E-state index is 0.179. The first kappa shape index (κ1) is 7.68. The first-order valence-electron chi connectivity index (χ1n) is 3.80. The Hall–Kier alpha value is -0.960. The van der Waals surface area contributed by atoms with Gasteiger partial charge in [-0.25, -0.2) is 0 Å². The second-order valence-corrected chi connectivity index (χ2v) is 3.94. The molecule has 1 aromatic carbocycles. The summed E-state index contributed by atoms with van der Waals surface area (Å²) in [5, 5.41) is 0. The van der Waals surface area contributed by atoms with Crippen molar-refractivity contribution < 1.29 is 4.79 Å². The molecule has 1 heterocycles. The van der Waals surface area contributed by atoms with E-state index in [2.05, 4.69) is 0 Å². The summed E-state index contributed by atoms with van der Waals surface area (Å²) < 4.78 is 1.68. The molecule has 1 amide bonds.